The minimum atomic E-state index is -4.59. The number of halogens is 3. The number of benzene rings is 2. The van der Waals surface area contributed by atoms with E-state index in [0.29, 0.717) is 41.7 Å². The molecule has 4 heterocycles. The number of amides is 1. The average molecular weight is 443 g/mol. The summed E-state index contributed by atoms with van der Waals surface area (Å²) in [6.45, 7) is 0.767. The summed E-state index contributed by atoms with van der Waals surface area (Å²) in [6, 6.07) is 12.8. The highest BCUT2D eigenvalue weighted by molar-refractivity contribution is 6.11. The topological polar surface area (TPSA) is 61.1 Å². The molecule has 2 aromatic carbocycles. The molecule has 0 aliphatic carbocycles. The van der Waals surface area contributed by atoms with Gasteiger partial charge in [-0.2, -0.15) is 13.2 Å². The summed E-state index contributed by atoms with van der Waals surface area (Å²) in [4.78, 5) is 15.3. The number of hydrogen-bond acceptors (Lipinski definition) is 5. The zero-order valence-electron chi connectivity index (χ0n) is 16.6. The molecule has 9 heteroatoms. The third kappa shape index (κ3) is 2.57. The number of nitrogens with zero attached hydrogens (tertiary/aromatic N) is 1. The van der Waals surface area contributed by atoms with Crippen LogP contribution in [0.4, 0.5) is 18.9 Å². The van der Waals surface area contributed by atoms with Crippen molar-refractivity contribution >= 4 is 11.6 Å². The molecule has 1 aromatic heterocycles. The van der Waals surface area contributed by atoms with Gasteiger partial charge in [-0.25, -0.2) is 0 Å². The van der Waals surface area contributed by atoms with E-state index >= 15 is 0 Å². The summed E-state index contributed by atoms with van der Waals surface area (Å²) in [5.74, 6) is 0.261. The monoisotopic (exact) mass is 443 g/mol. The van der Waals surface area contributed by atoms with Crippen LogP contribution in [0.3, 0.4) is 0 Å². The minimum absolute atomic E-state index is 0.0406. The quantitative estimate of drug-likeness (QED) is 0.591. The molecule has 1 amide bonds. The Labute approximate surface area is 180 Å². The van der Waals surface area contributed by atoms with Gasteiger partial charge in [0, 0.05) is 17.3 Å². The molecule has 3 aliphatic heterocycles. The van der Waals surface area contributed by atoms with Gasteiger partial charge in [0.25, 0.3) is 0 Å². The zero-order chi connectivity index (χ0) is 22.1. The van der Waals surface area contributed by atoms with Crippen LogP contribution >= 0.6 is 0 Å². The predicted molar refractivity (Wildman–Crippen MR) is 105 cm³/mol. The molecule has 0 saturated heterocycles. The fourth-order valence-corrected chi connectivity index (χ4v) is 4.64. The van der Waals surface area contributed by atoms with Crippen LogP contribution in [0.5, 0.6) is 17.2 Å². The highest BCUT2D eigenvalue weighted by Gasteiger charge is 2.57. The highest BCUT2D eigenvalue weighted by atomic mass is 19.4. The second-order valence-corrected chi connectivity index (χ2v) is 7.86. The molecule has 1 atom stereocenters. The lowest BCUT2D eigenvalue weighted by molar-refractivity contribution is -0.153. The molecular formula is C23H16F3NO5. The van der Waals surface area contributed by atoms with Crippen molar-refractivity contribution in [3.05, 3.63) is 71.2 Å². The van der Waals surface area contributed by atoms with E-state index in [1.807, 2.05) is 12.1 Å². The molecule has 3 aliphatic rings. The van der Waals surface area contributed by atoms with Gasteiger partial charge in [-0.05, 0) is 29.8 Å². The van der Waals surface area contributed by atoms with Gasteiger partial charge in [0.15, 0.2) is 11.5 Å². The predicted octanol–water partition coefficient (Wildman–Crippen LogP) is 4.29. The van der Waals surface area contributed by atoms with Crippen molar-refractivity contribution in [2.75, 3.05) is 24.7 Å². The maximum Gasteiger partial charge on any atom is 0.449 e. The molecule has 0 fully saturated rings. The van der Waals surface area contributed by atoms with Gasteiger partial charge in [-0.15, -0.1) is 0 Å². The van der Waals surface area contributed by atoms with E-state index in [2.05, 4.69) is 0 Å². The Hall–Kier alpha value is -3.62. The van der Waals surface area contributed by atoms with Gasteiger partial charge in [0.2, 0.25) is 11.7 Å². The summed E-state index contributed by atoms with van der Waals surface area (Å²) in [6.07, 6.45) is -4.59. The van der Waals surface area contributed by atoms with Gasteiger partial charge in [0.1, 0.15) is 36.7 Å². The first kappa shape index (κ1) is 19.1. The maximum absolute atomic E-state index is 13.8. The summed E-state index contributed by atoms with van der Waals surface area (Å²) in [5.41, 5.74) is 0.857. The number of furan rings is 1. The molecule has 0 radical (unpaired) electrons. The fraction of sp³-hybridized carbons (Fsp3) is 0.261. The first-order valence-electron chi connectivity index (χ1n) is 10.0. The summed E-state index contributed by atoms with van der Waals surface area (Å²) >= 11 is 0. The van der Waals surface area contributed by atoms with E-state index in [0.717, 1.165) is 11.6 Å². The lowest BCUT2D eigenvalue weighted by atomic mass is 9.77. The molecule has 3 aromatic rings. The van der Waals surface area contributed by atoms with Crippen LogP contribution < -0.4 is 19.1 Å². The van der Waals surface area contributed by atoms with Crippen LogP contribution in [0.1, 0.15) is 22.6 Å². The zero-order valence-corrected chi connectivity index (χ0v) is 16.6. The number of carbonyl (C=O) groups excluding carboxylic acids is 1. The lowest BCUT2D eigenvalue weighted by Gasteiger charge is -2.24. The van der Waals surface area contributed by atoms with Gasteiger partial charge in [-0.3, -0.25) is 4.79 Å². The Morgan fingerprint density at radius 3 is 2.41 bits per heavy atom. The van der Waals surface area contributed by atoms with Crippen molar-refractivity contribution in [1.82, 2.24) is 0 Å². The summed E-state index contributed by atoms with van der Waals surface area (Å²) in [5, 5.41) is 0. The van der Waals surface area contributed by atoms with Crippen molar-refractivity contribution in [1.29, 1.82) is 0 Å². The number of para-hydroxylation sites is 1. The van der Waals surface area contributed by atoms with Crippen LogP contribution in [-0.4, -0.2) is 25.7 Å². The smallest absolute Gasteiger partial charge is 0.449 e. The fourth-order valence-electron chi connectivity index (χ4n) is 4.64. The average Bonchev–Trinajstić information content (AvgIpc) is 3.46. The molecule has 6 rings (SSSR count). The normalized spacial score (nSPS) is 21.0. The molecule has 0 unspecified atom stereocenters. The number of rotatable bonds is 2. The third-order valence-corrected chi connectivity index (χ3v) is 6.07. The number of ether oxygens (including phenoxy) is 3. The number of hydrogen-bond donors (Lipinski definition) is 0. The van der Waals surface area contributed by atoms with Crippen LogP contribution in [0.15, 0.2) is 52.9 Å². The van der Waals surface area contributed by atoms with Crippen LogP contribution in [0.2, 0.25) is 0 Å². The molecule has 6 nitrogen and oxygen atoms in total. The van der Waals surface area contributed by atoms with Crippen molar-refractivity contribution in [3.8, 4) is 17.2 Å². The second-order valence-electron chi connectivity index (χ2n) is 7.86. The van der Waals surface area contributed by atoms with Crippen molar-refractivity contribution in [3.63, 3.8) is 0 Å². The van der Waals surface area contributed by atoms with Crippen molar-refractivity contribution in [2.45, 2.75) is 18.1 Å². The van der Waals surface area contributed by atoms with Crippen molar-refractivity contribution in [2.24, 2.45) is 0 Å². The Kier molecular flexibility index (Phi) is 3.84. The van der Waals surface area contributed by atoms with E-state index in [1.165, 1.54) is 11.0 Å². The Bertz CT molecular complexity index is 1250. The summed E-state index contributed by atoms with van der Waals surface area (Å²) in [7, 11) is 0. The molecule has 164 valence electrons. The van der Waals surface area contributed by atoms with E-state index in [1.54, 1.807) is 24.3 Å². The first-order valence-corrected chi connectivity index (χ1v) is 10.0. The Balaban J connectivity index is 1.44. The standard InChI is InChI=1S/C23H16F3NO5/c24-23(25,26)20-6-5-13(32-20)11-27-16-4-2-1-3-14(16)22(21(27)28)12-31-17-10-19-18(9-15(17)22)29-7-8-30-19/h1-6,9-10H,7-8,11-12H2/t22-/m1/s1. The van der Waals surface area contributed by atoms with E-state index in [-0.39, 0.29) is 24.8 Å². The summed E-state index contributed by atoms with van der Waals surface area (Å²) < 4.78 is 61.1. The maximum atomic E-state index is 13.8. The Morgan fingerprint density at radius 2 is 1.66 bits per heavy atom. The second kappa shape index (κ2) is 6.44. The highest BCUT2D eigenvalue weighted by Crippen LogP contribution is 2.55. The minimum Gasteiger partial charge on any atom is -0.491 e. The number of carbonyl (C=O) groups is 1. The van der Waals surface area contributed by atoms with Crippen LogP contribution in [0, 0.1) is 0 Å². The molecule has 0 N–H and O–H groups in total. The van der Waals surface area contributed by atoms with Crippen molar-refractivity contribution < 1.29 is 36.6 Å². The molecule has 0 saturated carbocycles. The Morgan fingerprint density at radius 1 is 0.906 bits per heavy atom. The van der Waals surface area contributed by atoms with Gasteiger partial charge < -0.3 is 23.5 Å². The van der Waals surface area contributed by atoms with Gasteiger partial charge in [0.05, 0.1) is 6.54 Å². The van der Waals surface area contributed by atoms with Gasteiger partial charge in [-0.1, -0.05) is 18.2 Å². The first-order chi connectivity index (χ1) is 15.4. The molecule has 32 heavy (non-hydrogen) atoms. The van der Waals surface area contributed by atoms with E-state index in [9.17, 15) is 18.0 Å². The lowest BCUT2D eigenvalue weighted by Crippen LogP contribution is -2.42. The number of fused-ring (bicyclic) bond motifs is 5. The van der Waals surface area contributed by atoms with E-state index in [4.69, 9.17) is 18.6 Å². The van der Waals surface area contributed by atoms with Gasteiger partial charge >= 0.3 is 6.18 Å². The molecule has 1 spiro atoms. The van der Waals surface area contributed by atoms with E-state index < -0.39 is 17.4 Å². The third-order valence-electron chi connectivity index (χ3n) is 6.07. The van der Waals surface area contributed by atoms with Crippen LogP contribution in [-0.2, 0) is 22.9 Å². The molecular weight excluding hydrogens is 427 g/mol. The SMILES string of the molecule is O=C1N(Cc2ccc(C(F)(F)F)o2)c2ccccc2[C@@]12COc1cc3c(cc12)OCCO3. The van der Waals surface area contributed by atoms with Crippen LogP contribution in [0.25, 0.3) is 0 Å². The number of anilines is 1. The largest absolute Gasteiger partial charge is 0.491 e. The number of alkyl halides is 3. The molecule has 0 bridgehead atoms.